The van der Waals surface area contributed by atoms with Crippen LogP contribution < -0.4 is 0 Å². The maximum absolute atomic E-state index is 6.43. The summed E-state index contributed by atoms with van der Waals surface area (Å²) in [4.78, 5) is 19.6. The van der Waals surface area contributed by atoms with Crippen LogP contribution >= 0.6 is 0 Å². The fraction of sp³-hybridized carbons (Fsp3) is 0. The van der Waals surface area contributed by atoms with Gasteiger partial charge in [0.05, 0.1) is 0 Å². The molecular weight excluding hydrogens is 617 g/mol. The van der Waals surface area contributed by atoms with Crippen LogP contribution in [0.25, 0.3) is 101 Å². The second-order valence-electron chi connectivity index (χ2n) is 12.3. The third-order valence-corrected chi connectivity index (χ3v) is 9.13. The van der Waals surface area contributed by atoms with Gasteiger partial charge in [0.25, 0.3) is 0 Å². The SMILES string of the molecule is c1ccc(-c2nc(-c3ccccc3)nc(-c3cccc(-c4cccc5oc6cc7nc(-c8ccc9ccccc9c8)oc7cc6c45)c3)n2)cc1. The normalized spacial score (nSPS) is 11.6. The van der Waals surface area contributed by atoms with Crippen molar-refractivity contribution >= 4 is 43.8 Å². The largest absolute Gasteiger partial charge is 0.456 e. The molecule has 0 bridgehead atoms. The van der Waals surface area contributed by atoms with Gasteiger partial charge in [-0.25, -0.2) is 19.9 Å². The lowest BCUT2D eigenvalue weighted by Crippen LogP contribution is -2.00. The Hall–Kier alpha value is -6.92. The first-order valence-corrected chi connectivity index (χ1v) is 16.5. The zero-order valence-corrected chi connectivity index (χ0v) is 26.6. The van der Waals surface area contributed by atoms with Crippen LogP contribution in [0.3, 0.4) is 0 Å². The van der Waals surface area contributed by atoms with Gasteiger partial charge in [-0.15, -0.1) is 0 Å². The molecule has 10 aromatic rings. The Bertz CT molecular complexity index is 2820. The standard InChI is InChI=1S/C44H26N4O2/c1-3-12-28(13-4-1)41-46-42(29-14-5-2-6-15-29)48-43(47-41)32-18-9-17-31(24-32)34-19-10-20-37-40(34)35-25-39-36(26-38(35)49-37)45-44(50-39)33-22-21-27-11-7-8-16-30(27)23-33/h1-26H. The summed E-state index contributed by atoms with van der Waals surface area (Å²) < 4.78 is 12.8. The third kappa shape index (κ3) is 4.81. The number of hydrogen-bond acceptors (Lipinski definition) is 6. The number of benzene rings is 7. The monoisotopic (exact) mass is 642 g/mol. The minimum Gasteiger partial charge on any atom is -0.456 e. The molecule has 0 saturated carbocycles. The average molecular weight is 643 g/mol. The quantitative estimate of drug-likeness (QED) is 0.186. The summed E-state index contributed by atoms with van der Waals surface area (Å²) in [6.07, 6.45) is 0. The highest BCUT2D eigenvalue weighted by Gasteiger charge is 2.18. The van der Waals surface area contributed by atoms with Crippen molar-refractivity contribution in [1.29, 1.82) is 0 Å². The lowest BCUT2D eigenvalue weighted by molar-refractivity contribution is 0.620. The molecule has 7 aromatic carbocycles. The number of furan rings is 1. The summed E-state index contributed by atoms with van der Waals surface area (Å²) in [5, 5.41) is 4.30. The van der Waals surface area contributed by atoms with E-state index in [1.165, 1.54) is 5.39 Å². The van der Waals surface area contributed by atoms with E-state index in [0.717, 1.165) is 66.2 Å². The minimum atomic E-state index is 0.581. The van der Waals surface area contributed by atoms with Crippen molar-refractivity contribution in [2.75, 3.05) is 0 Å². The number of oxazole rings is 1. The molecule has 0 saturated heterocycles. The molecule has 0 aliphatic heterocycles. The van der Waals surface area contributed by atoms with Gasteiger partial charge in [-0.1, -0.05) is 121 Å². The van der Waals surface area contributed by atoms with E-state index in [-0.39, 0.29) is 0 Å². The van der Waals surface area contributed by atoms with Crippen molar-refractivity contribution in [2.45, 2.75) is 0 Å². The fourth-order valence-electron chi connectivity index (χ4n) is 6.70. The van der Waals surface area contributed by atoms with Crippen molar-refractivity contribution in [2.24, 2.45) is 0 Å². The Kier molecular flexibility index (Phi) is 6.39. The van der Waals surface area contributed by atoms with Gasteiger partial charge in [0.15, 0.2) is 23.1 Å². The van der Waals surface area contributed by atoms with E-state index in [4.69, 9.17) is 28.8 Å². The molecule has 6 nitrogen and oxygen atoms in total. The van der Waals surface area contributed by atoms with E-state index in [9.17, 15) is 0 Å². The molecule has 3 heterocycles. The van der Waals surface area contributed by atoms with Crippen LogP contribution in [0, 0.1) is 0 Å². The minimum absolute atomic E-state index is 0.581. The second-order valence-corrected chi connectivity index (χ2v) is 12.3. The summed E-state index contributed by atoms with van der Waals surface area (Å²) in [5.41, 5.74) is 8.76. The van der Waals surface area contributed by atoms with Gasteiger partial charge in [-0.05, 0) is 52.2 Å². The van der Waals surface area contributed by atoms with Crippen molar-refractivity contribution < 1.29 is 8.83 Å². The van der Waals surface area contributed by atoms with Gasteiger partial charge >= 0.3 is 0 Å². The maximum Gasteiger partial charge on any atom is 0.227 e. The fourth-order valence-corrected chi connectivity index (χ4v) is 6.70. The van der Waals surface area contributed by atoms with E-state index < -0.39 is 0 Å². The molecular formula is C44H26N4O2. The third-order valence-electron chi connectivity index (χ3n) is 9.13. The van der Waals surface area contributed by atoms with Gasteiger partial charge in [0.2, 0.25) is 5.89 Å². The highest BCUT2D eigenvalue weighted by molar-refractivity contribution is 6.15. The van der Waals surface area contributed by atoms with Gasteiger partial charge in [-0.3, -0.25) is 0 Å². The molecule has 0 N–H and O–H groups in total. The number of aromatic nitrogens is 4. The molecule has 0 fully saturated rings. The second kappa shape index (κ2) is 11.4. The van der Waals surface area contributed by atoms with Crippen LogP contribution in [0.2, 0.25) is 0 Å². The molecule has 0 aliphatic carbocycles. The summed E-state index contributed by atoms with van der Waals surface area (Å²) in [5.74, 6) is 2.44. The molecule has 3 aromatic heterocycles. The topological polar surface area (TPSA) is 77.8 Å². The van der Waals surface area contributed by atoms with Crippen molar-refractivity contribution in [3.8, 4) is 56.7 Å². The smallest absolute Gasteiger partial charge is 0.227 e. The van der Waals surface area contributed by atoms with E-state index >= 15 is 0 Å². The van der Waals surface area contributed by atoms with Crippen molar-refractivity contribution in [3.05, 3.63) is 158 Å². The lowest BCUT2D eigenvalue weighted by Gasteiger charge is -2.10. The Morgan fingerprint density at radius 3 is 1.76 bits per heavy atom. The van der Waals surface area contributed by atoms with Crippen molar-refractivity contribution in [1.82, 2.24) is 19.9 Å². The lowest BCUT2D eigenvalue weighted by atomic mass is 9.97. The molecule has 0 unspecified atom stereocenters. The van der Waals surface area contributed by atoms with E-state index in [0.29, 0.717) is 28.9 Å². The van der Waals surface area contributed by atoms with Crippen molar-refractivity contribution in [3.63, 3.8) is 0 Å². The molecule has 10 rings (SSSR count). The van der Waals surface area contributed by atoms with Crippen LogP contribution in [0.15, 0.2) is 167 Å². The molecule has 0 atom stereocenters. The maximum atomic E-state index is 6.43. The van der Waals surface area contributed by atoms with Gasteiger partial charge in [0.1, 0.15) is 16.7 Å². The van der Waals surface area contributed by atoms with Gasteiger partial charge in [0, 0.05) is 39.1 Å². The molecule has 234 valence electrons. The molecule has 0 aliphatic rings. The summed E-state index contributed by atoms with van der Waals surface area (Å²) in [7, 11) is 0. The first-order valence-electron chi connectivity index (χ1n) is 16.5. The summed E-state index contributed by atoms with van der Waals surface area (Å²) in [6, 6.07) is 53.1. The van der Waals surface area contributed by atoms with E-state index in [1.807, 2.05) is 109 Å². The van der Waals surface area contributed by atoms with E-state index in [1.54, 1.807) is 0 Å². The summed E-state index contributed by atoms with van der Waals surface area (Å²) >= 11 is 0. The predicted molar refractivity (Wildman–Crippen MR) is 199 cm³/mol. The Morgan fingerprint density at radius 2 is 1.00 bits per heavy atom. The summed E-state index contributed by atoms with van der Waals surface area (Å²) in [6.45, 7) is 0. The highest BCUT2D eigenvalue weighted by Crippen LogP contribution is 2.40. The average Bonchev–Trinajstić information content (AvgIpc) is 3.78. The van der Waals surface area contributed by atoms with Gasteiger partial charge in [-0.2, -0.15) is 0 Å². The molecule has 50 heavy (non-hydrogen) atoms. The zero-order valence-electron chi connectivity index (χ0n) is 26.6. The number of nitrogens with zero attached hydrogens (tertiary/aromatic N) is 4. The van der Waals surface area contributed by atoms with E-state index in [2.05, 4.69) is 48.5 Å². The van der Waals surface area contributed by atoms with Crippen LogP contribution in [0.5, 0.6) is 0 Å². The molecule has 0 amide bonds. The zero-order chi connectivity index (χ0) is 33.0. The first-order chi connectivity index (χ1) is 24.7. The molecule has 0 radical (unpaired) electrons. The van der Waals surface area contributed by atoms with Crippen LogP contribution in [-0.2, 0) is 0 Å². The molecule has 0 spiro atoms. The Balaban J connectivity index is 1.10. The van der Waals surface area contributed by atoms with Crippen LogP contribution in [0.1, 0.15) is 0 Å². The number of rotatable bonds is 5. The van der Waals surface area contributed by atoms with Crippen LogP contribution in [0.4, 0.5) is 0 Å². The first kappa shape index (κ1) is 28.1. The van der Waals surface area contributed by atoms with Gasteiger partial charge < -0.3 is 8.83 Å². The van der Waals surface area contributed by atoms with Crippen LogP contribution in [-0.4, -0.2) is 19.9 Å². The Labute approximate surface area is 286 Å². The molecule has 6 heteroatoms. The Morgan fingerprint density at radius 1 is 0.360 bits per heavy atom. The predicted octanol–water partition coefficient (Wildman–Crippen LogP) is 11.4. The highest BCUT2D eigenvalue weighted by atomic mass is 16.4. The number of hydrogen-bond donors (Lipinski definition) is 0. The number of fused-ring (bicyclic) bond motifs is 5.